The van der Waals surface area contributed by atoms with Gasteiger partial charge in [0.2, 0.25) is 6.79 Å². The zero-order valence-electron chi connectivity index (χ0n) is 15.8. The molecule has 2 heterocycles. The molecule has 1 fully saturated rings. The minimum Gasteiger partial charge on any atom is -0.454 e. The number of fused-ring (bicyclic) bond motifs is 1. The number of hydrogen-bond donors (Lipinski definition) is 1. The van der Waals surface area contributed by atoms with Gasteiger partial charge in [-0.15, -0.1) is 0 Å². The summed E-state index contributed by atoms with van der Waals surface area (Å²) >= 11 is 0. The summed E-state index contributed by atoms with van der Waals surface area (Å²) in [5.74, 6) is 1.50. The molecule has 0 radical (unpaired) electrons. The van der Waals surface area contributed by atoms with Gasteiger partial charge >= 0.3 is 6.03 Å². The molecule has 2 amide bonds. The molecule has 0 saturated carbocycles. The fraction of sp³-hybridized carbons (Fsp3) is 0.381. The van der Waals surface area contributed by atoms with E-state index in [1.54, 1.807) is 0 Å². The van der Waals surface area contributed by atoms with Crippen molar-refractivity contribution < 1.29 is 14.3 Å². The molecule has 0 aliphatic carbocycles. The molecule has 1 N–H and O–H groups in total. The number of ether oxygens (including phenoxy) is 2. The van der Waals surface area contributed by atoms with E-state index in [1.165, 1.54) is 16.8 Å². The van der Waals surface area contributed by atoms with Gasteiger partial charge in [0, 0.05) is 38.4 Å². The zero-order valence-corrected chi connectivity index (χ0v) is 15.8. The highest BCUT2D eigenvalue weighted by Crippen LogP contribution is 2.32. The van der Waals surface area contributed by atoms with Crippen molar-refractivity contribution >= 4 is 11.7 Å². The summed E-state index contributed by atoms with van der Waals surface area (Å²) in [4.78, 5) is 16.8. The number of nitrogens with zero attached hydrogens (tertiary/aromatic N) is 2. The number of benzene rings is 2. The molecule has 27 heavy (non-hydrogen) atoms. The van der Waals surface area contributed by atoms with Crippen molar-refractivity contribution in [2.75, 3.05) is 37.9 Å². The molecule has 0 atom stereocenters. The van der Waals surface area contributed by atoms with Crippen molar-refractivity contribution in [2.45, 2.75) is 20.4 Å². The van der Waals surface area contributed by atoms with Crippen molar-refractivity contribution in [1.29, 1.82) is 0 Å². The Hall–Kier alpha value is -2.89. The fourth-order valence-electron chi connectivity index (χ4n) is 3.78. The van der Waals surface area contributed by atoms with Gasteiger partial charge in [0.25, 0.3) is 0 Å². The third kappa shape index (κ3) is 3.65. The SMILES string of the molecule is Cc1cccc(C)c1N1CCN(C(=O)NCc2ccc3c(c2)OCO3)CC1. The molecular weight excluding hydrogens is 342 g/mol. The van der Waals surface area contributed by atoms with Crippen LogP contribution >= 0.6 is 0 Å². The highest BCUT2D eigenvalue weighted by atomic mass is 16.7. The number of nitrogens with one attached hydrogen (secondary N) is 1. The molecule has 0 aromatic heterocycles. The molecule has 2 aromatic rings. The second kappa shape index (κ2) is 7.39. The number of hydrogen-bond acceptors (Lipinski definition) is 4. The van der Waals surface area contributed by atoms with Gasteiger partial charge < -0.3 is 24.6 Å². The molecule has 2 aliphatic rings. The maximum absolute atomic E-state index is 12.5. The van der Waals surface area contributed by atoms with Crippen molar-refractivity contribution in [3.63, 3.8) is 0 Å². The second-order valence-electron chi connectivity index (χ2n) is 7.06. The minimum absolute atomic E-state index is 0.0196. The highest BCUT2D eigenvalue weighted by Gasteiger charge is 2.23. The molecule has 6 nitrogen and oxygen atoms in total. The average molecular weight is 367 g/mol. The number of anilines is 1. The van der Waals surface area contributed by atoms with Gasteiger partial charge in [-0.05, 0) is 42.7 Å². The first-order valence-electron chi connectivity index (χ1n) is 9.34. The first kappa shape index (κ1) is 17.5. The molecule has 4 rings (SSSR count). The van der Waals surface area contributed by atoms with Crippen LogP contribution in [0.25, 0.3) is 0 Å². The zero-order chi connectivity index (χ0) is 18.8. The largest absolute Gasteiger partial charge is 0.454 e. The third-order valence-corrected chi connectivity index (χ3v) is 5.20. The van der Waals surface area contributed by atoms with E-state index in [0.29, 0.717) is 6.54 Å². The summed E-state index contributed by atoms with van der Waals surface area (Å²) in [6.07, 6.45) is 0. The van der Waals surface area contributed by atoms with E-state index in [1.807, 2.05) is 23.1 Å². The van der Waals surface area contributed by atoms with Crippen LogP contribution in [-0.2, 0) is 6.54 Å². The van der Waals surface area contributed by atoms with Crippen molar-refractivity contribution in [3.8, 4) is 11.5 Å². The Morgan fingerprint density at radius 3 is 2.44 bits per heavy atom. The standard InChI is InChI=1S/C21H25N3O3/c1-15-4-3-5-16(2)20(15)23-8-10-24(11-9-23)21(25)22-13-17-6-7-18-19(12-17)27-14-26-18/h3-7,12H,8-11,13-14H2,1-2H3,(H,22,25). The summed E-state index contributed by atoms with van der Waals surface area (Å²) in [6.45, 7) is 8.18. The molecule has 0 spiro atoms. The van der Waals surface area contributed by atoms with Crippen LogP contribution in [0.15, 0.2) is 36.4 Å². The lowest BCUT2D eigenvalue weighted by molar-refractivity contribution is 0.174. The van der Waals surface area contributed by atoms with Crippen LogP contribution < -0.4 is 19.7 Å². The van der Waals surface area contributed by atoms with E-state index in [9.17, 15) is 4.79 Å². The molecule has 2 aromatic carbocycles. The Kier molecular flexibility index (Phi) is 4.79. The summed E-state index contributed by atoms with van der Waals surface area (Å²) in [7, 11) is 0. The number of urea groups is 1. The Morgan fingerprint density at radius 2 is 1.70 bits per heavy atom. The Morgan fingerprint density at radius 1 is 1.00 bits per heavy atom. The van der Waals surface area contributed by atoms with E-state index in [-0.39, 0.29) is 12.8 Å². The summed E-state index contributed by atoms with van der Waals surface area (Å²) in [6, 6.07) is 12.1. The Labute approximate surface area is 159 Å². The Bertz CT molecular complexity index is 824. The monoisotopic (exact) mass is 367 g/mol. The molecule has 0 unspecified atom stereocenters. The summed E-state index contributed by atoms with van der Waals surface area (Å²) < 4.78 is 10.7. The van der Waals surface area contributed by atoms with Crippen LogP contribution in [0.5, 0.6) is 11.5 Å². The first-order chi connectivity index (χ1) is 13.1. The number of carbonyl (C=O) groups excluding carboxylic acids is 1. The smallest absolute Gasteiger partial charge is 0.317 e. The Balaban J connectivity index is 1.31. The number of para-hydroxylation sites is 1. The molecule has 0 bridgehead atoms. The average Bonchev–Trinajstić information content (AvgIpc) is 3.14. The van der Waals surface area contributed by atoms with Gasteiger partial charge in [0.1, 0.15) is 0 Å². The summed E-state index contributed by atoms with van der Waals surface area (Å²) in [5, 5.41) is 3.01. The number of carbonyl (C=O) groups is 1. The van der Waals surface area contributed by atoms with E-state index in [0.717, 1.165) is 43.2 Å². The summed E-state index contributed by atoms with van der Waals surface area (Å²) in [5.41, 5.74) is 4.88. The number of piperazine rings is 1. The predicted octanol–water partition coefficient (Wildman–Crippen LogP) is 3.06. The van der Waals surface area contributed by atoms with Crippen LogP contribution in [0, 0.1) is 13.8 Å². The fourth-order valence-corrected chi connectivity index (χ4v) is 3.78. The lowest BCUT2D eigenvalue weighted by Crippen LogP contribution is -2.52. The molecular formula is C21H25N3O3. The van der Waals surface area contributed by atoms with E-state index in [2.05, 4.69) is 42.3 Å². The van der Waals surface area contributed by atoms with E-state index >= 15 is 0 Å². The van der Waals surface area contributed by atoms with Gasteiger partial charge in [-0.2, -0.15) is 0 Å². The quantitative estimate of drug-likeness (QED) is 0.906. The first-order valence-corrected chi connectivity index (χ1v) is 9.34. The normalized spacial score (nSPS) is 15.8. The topological polar surface area (TPSA) is 54.0 Å². The van der Waals surface area contributed by atoms with Crippen molar-refractivity contribution in [3.05, 3.63) is 53.1 Å². The van der Waals surface area contributed by atoms with Gasteiger partial charge in [-0.25, -0.2) is 4.79 Å². The van der Waals surface area contributed by atoms with Gasteiger partial charge in [-0.3, -0.25) is 0 Å². The number of aryl methyl sites for hydroxylation is 2. The third-order valence-electron chi connectivity index (χ3n) is 5.20. The van der Waals surface area contributed by atoms with Gasteiger partial charge in [0.05, 0.1) is 0 Å². The predicted molar refractivity (Wildman–Crippen MR) is 105 cm³/mol. The van der Waals surface area contributed by atoms with Crippen LogP contribution in [-0.4, -0.2) is 43.9 Å². The molecule has 6 heteroatoms. The maximum atomic E-state index is 12.5. The van der Waals surface area contributed by atoms with Crippen LogP contribution in [0.2, 0.25) is 0 Å². The molecule has 1 saturated heterocycles. The van der Waals surface area contributed by atoms with E-state index in [4.69, 9.17) is 9.47 Å². The minimum atomic E-state index is -0.0196. The van der Waals surface area contributed by atoms with Crippen LogP contribution in [0.4, 0.5) is 10.5 Å². The maximum Gasteiger partial charge on any atom is 0.317 e. The van der Waals surface area contributed by atoms with Crippen LogP contribution in [0.1, 0.15) is 16.7 Å². The lowest BCUT2D eigenvalue weighted by Gasteiger charge is -2.37. The molecule has 2 aliphatic heterocycles. The van der Waals surface area contributed by atoms with Crippen molar-refractivity contribution in [2.24, 2.45) is 0 Å². The van der Waals surface area contributed by atoms with Crippen LogP contribution in [0.3, 0.4) is 0 Å². The highest BCUT2D eigenvalue weighted by molar-refractivity contribution is 5.74. The number of amides is 2. The lowest BCUT2D eigenvalue weighted by atomic mass is 10.1. The van der Waals surface area contributed by atoms with E-state index < -0.39 is 0 Å². The number of rotatable bonds is 3. The van der Waals surface area contributed by atoms with Gasteiger partial charge in [0.15, 0.2) is 11.5 Å². The van der Waals surface area contributed by atoms with Gasteiger partial charge in [-0.1, -0.05) is 24.3 Å². The molecule has 142 valence electrons. The van der Waals surface area contributed by atoms with Crippen molar-refractivity contribution in [1.82, 2.24) is 10.2 Å². The second-order valence-corrected chi connectivity index (χ2v) is 7.06.